The van der Waals surface area contributed by atoms with Crippen LogP contribution in [0.25, 0.3) is 5.69 Å². The van der Waals surface area contributed by atoms with Crippen LogP contribution in [0.5, 0.6) is 0 Å². The minimum Gasteiger partial charge on any atom is -0.448 e. The van der Waals surface area contributed by atoms with Crippen LogP contribution in [0.15, 0.2) is 48.8 Å². The average molecular weight is 349 g/mol. The minimum absolute atomic E-state index is 0.348. The highest BCUT2D eigenvalue weighted by Gasteiger charge is 2.31. The molecule has 1 amide bonds. The molecular weight excluding hydrogens is 334 g/mol. The number of nitrogens with one attached hydrogen (secondary N) is 1. The molecule has 0 bridgehead atoms. The van der Waals surface area contributed by atoms with Crippen molar-refractivity contribution in [1.29, 1.82) is 0 Å². The lowest BCUT2D eigenvalue weighted by molar-refractivity contribution is -0.125. The van der Waals surface area contributed by atoms with Crippen LogP contribution in [-0.2, 0) is 16.0 Å². The van der Waals surface area contributed by atoms with Gasteiger partial charge in [-0.25, -0.2) is 9.48 Å². The van der Waals surface area contributed by atoms with Crippen LogP contribution in [0.3, 0.4) is 0 Å². The molecule has 0 saturated heterocycles. The highest BCUT2D eigenvalue weighted by molar-refractivity contribution is 6.00. The summed E-state index contributed by atoms with van der Waals surface area (Å²) in [6, 6.07) is 12.6. The van der Waals surface area contributed by atoms with Crippen molar-refractivity contribution in [3.63, 3.8) is 0 Å². The zero-order chi connectivity index (χ0) is 18.1. The van der Waals surface area contributed by atoms with E-state index in [1.165, 1.54) is 11.0 Å². The van der Waals surface area contributed by atoms with Crippen molar-refractivity contribution >= 4 is 17.6 Å². The van der Waals surface area contributed by atoms with Gasteiger partial charge in [-0.15, -0.1) is 5.10 Å². The molecule has 0 fully saturated rings. The van der Waals surface area contributed by atoms with Gasteiger partial charge in [-0.05, 0) is 47.2 Å². The van der Waals surface area contributed by atoms with Crippen molar-refractivity contribution in [3.05, 3.63) is 65.5 Å². The fraction of sp³-hybridized carbons (Fsp3) is 0.167. The molecule has 8 nitrogen and oxygen atoms in total. The third-order valence-electron chi connectivity index (χ3n) is 4.15. The number of cyclic esters (lactones) is 1. The largest absolute Gasteiger partial charge is 0.448 e. The number of aromatic nitrogens is 4. The zero-order valence-electron chi connectivity index (χ0n) is 13.9. The Morgan fingerprint density at radius 2 is 2.15 bits per heavy atom. The number of carbonyl (C=O) groups excluding carboxylic acids is 2. The molecule has 0 radical (unpaired) electrons. The van der Waals surface area contributed by atoms with Gasteiger partial charge in [-0.1, -0.05) is 23.8 Å². The average Bonchev–Trinajstić information content (AvgIpc) is 3.16. The standard InChI is InChI=1S/C18H15N5O3/c1-11-5-6-15-12(7-11)8-16(26-18(15)25)17(24)20-13-3-2-4-14(9-13)23-10-19-21-22-23/h2-7,9-10,16H,8H2,1H3,(H,20,24)/t16-/m0/s1. The van der Waals surface area contributed by atoms with Gasteiger partial charge in [0.05, 0.1) is 11.3 Å². The van der Waals surface area contributed by atoms with Crippen LogP contribution in [-0.4, -0.2) is 38.2 Å². The molecule has 0 unspecified atom stereocenters. The number of fused-ring (bicyclic) bond motifs is 1. The third kappa shape index (κ3) is 3.04. The Labute approximate surface area is 148 Å². The van der Waals surface area contributed by atoms with E-state index in [-0.39, 0.29) is 5.91 Å². The number of aryl methyl sites for hydroxylation is 1. The number of rotatable bonds is 3. The zero-order valence-corrected chi connectivity index (χ0v) is 13.9. The Kier molecular flexibility index (Phi) is 3.92. The molecule has 1 N–H and O–H groups in total. The molecule has 0 spiro atoms. The number of nitrogens with zero attached hydrogens (tertiary/aromatic N) is 4. The van der Waals surface area contributed by atoms with Gasteiger partial charge in [0.1, 0.15) is 6.33 Å². The van der Waals surface area contributed by atoms with E-state index in [1.54, 1.807) is 24.3 Å². The van der Waals surface area contributed by atoms with E-state index < -0.39 is 12.1 Å². The first-order chi connectivity index (χ1) is 12.6. The predicted octanol–water partition coefficient (Wildman–Crippen LogP) is 1.69. The Morgan fingerprint density at radius 3 is 2.96 bits per heavy atom. The molecule has 1 aromatic heterocycles. The van der Waals surface area contributed by atoms with E-state index in [9.17, 15) is 9.59 Å². The smallest absolute Gasteiger partial charge is 0.339 e. The molecular formula is C18H15N5O3. The maximum Gasteiger partial charge on any atom is 0.339 e. The maximum atomic E-state index is 12.6. The molecule has 3 aromatic rings. The monoisotopic (exact) mass is 349 g/mol. The molecule has 0 aliphatic carbocycles. The lowest BCUT2D eigenvalue weighted by atomic mass is 9.96. The molecule has 1 aliphatic heterocycles. The molecule has 2 aromatic carbocycles. The quantitative estimate of drug-likeness (QED) is 0.723. The number of amides is 1. The number of ether oxygens (including phenoxy) is 1. The fourth-order valence-corrected chi connectivity index (χ4v) is 2.90. The number of anilines is 1. The summed E-state index contributed by atoms with van der Waals surface area (Å²) in [5, 5.41) is 13.8. The lowest BCUT2D eigenvalue weighted by Crippen LogP contribution is -2.38. The van der Waals surface area contributed by atoms with Crippen LogP contribution < -0.4 is 5.32 Å². The van der Waals surface area contributed by atoms with Gasteiger partial charge in [0, 0.05) is 12.1 Å². The second-order valence-corrected chi connectivity index (χ2v) is 6.05. The molecule has 2 heterocycles. The second-order valence-electron chi connectivity index (χ2n) is 6.05. The number of hydrogen-bond donors (Lipinski definition) is 1. The maximum absolute atomic E-state index is 12.6. The molecule has 1 atom stereocenters. The van der Waals surface area contributed by atoms with Crippen molar-refractivity contribution in [3.8, 4) is 5.69 Å². The predicted molar refractivity (Wildman–Crippen MR) is 91.9 cm³/mol. The minimum atomic E-state index is -0.867. The summed E-state index contributed by atoms with van der Waals surface area (Å²) < 4.78 is 6.78. The first-order valence-corrected chi connectivity index (χ1v) is 8.05. The van der Waals surface area contributed by atoms with Gasteiger partial charge in [0.15, 0.2) is 6.10 Å². The highest BCUT2D eigenvalue weighted by Crippen LogP contribution is 2.23. The van der Waals surface area contributed by atoms with Crippen molar-refractivity contribution in [2.24, 2.45) is 0 Å². The van der Waals surface area contributed by atoms with Crippen LogP contribution in [0.1, 0.15) is 21.5 Å². The fourth-order valence-electron chi connectivity index (χ4n) is 2.90. The SMILES string of the molecule is Cc1ccc2c(c1)C[C@@H](C(=O)Nc1cccc(-n3cnnn3)c1)OC2=O. The summed E-state index contributed by atoms with van der Waals surface area (Å²) in [6.45, 7) is 1.94. The number of benzene rings is 2. The van der Waals surface area contributed by atoms with Crippen LogP contribution in [0, 0.1) is 6.92 Å². The summed E-state index contributed by atoms with van der Waals surface area (Å²) in [4.78, 5) is 24.7. The summed E-state index contributed by atoms with van der Waals surface area (Å²) in [7, 11) is 0. The molecule has 1 aliphatic rings. The Morgan fingerprint density at radius 1 is 1.27 bits per heavy atom. The summed E-state index contributed by atoms with van der Waals surface area (Å²) in [5.41, 5.74) is 3.64. The number of carbonyl (C=O) groups is 2. The third-order valence-corrected chi connectivity index (χ3v) is 4.15. The van der Waals surface area contributed by atoms with Crippen LogP contribution >= 0.6 is 0 Å². The van der Waals surface area contributed by atoms with E-state index in [4.69, 9.17) is 4.74 Å². The number of tetrazole rings is 1. The first kappa shape index (κ1) is 15.9. The second kappa shape index (κ2) is 6.40. The van der Waals surface area contributed by atoms with E-state index in [1.807, 2.05) is 25.1 Å². The van der Waals surface area contributed by atoms with Crippen LogP contribution in [0.4, 0.5) is 5.69 Å². The van der Waals surface area contributed by atoms with Gasteiger partial charge in [0.2, 0.25) is 0 Å². The normalized spacial score (nSPS) is 15.9. The van der Waals surface area contributed by atoms with E-state index >= 15 is 0 Å². The topological polar surface area (TPSA) is 99.0 Å². The number of hydrogen-bond acceptors (Lipinski definition) is 6. The van der Waals surface area contributed by atoms with Gasteiger partial charge >= 0.3 is 5.97 Å². The summed E-state index contributed by atoms with van der Waals surface area (Å²) in [6.07, 6.45) is 0.943. The first-order valence-electron chi connectivity index (χ1n) is 8.05. The molecule has 4 rings (SSSR count). The van der Waals surface area contributed by atoms with E-state index in [2.05, 4.69) is 20.8 Å². The van der Waals surface area contributed by atoms with Crippen LogP contribution in [0.2, 0.25) is 0 Å². The summed E-state index contributed by atoms with van der Waals surface area (Å²) in [5.74, 6) is -0.854. The Balaban J connectivity index is 1.52. The summed E-state index contributed by atoms with van der Waals surface area (Å²) >= 11 is 0. The van der Waals surface area contributed by atoms with Crippen molar-refractivity contribution < 1.29 is 14.3 Å². The molecule has 130 valence electrons. The van der Waals surface area contributed by atoms with Gasteiger partial charge < -0.3 is 10.1 Å². The van der Waals surface area contributed by atoms with Crippen molar-refractivity contribution in [2.75, 3.05) is 5.32 Å². The number of esters is 1. The van der Waals surface area contributed by atoms with Crippen molar-refractivity contribution in [2.45, 2.75) is 19.4 Å². The highest BCUT2D eigenvalue weighted by atomic mass is 16.5. The van der Waals surface area contributed by atoms with Crippen molar-refractivity contribution in [1.82, 2.24) is 20.2 Å². The molecule has 26 heavy (non-hydrogen) atoms. The van der Waals surface area contributed by atoms with E-state index in [0.717, 1.165) is 11.1 Å². The van der Waals surface area contributed by atoms with Gasteiger partial charge in [-0.3, -0.25) is 4.79 Å². The molecule has 0 saturated carbocycles. The Hall–Kier alpha value is -3.55. The lowest BCUT2D eigenvalue weighted by Gasteiger charge is -2.24. The van der Waals surface area contributed by atoms with Gasteiger partial charge in [-0.2, -0.15) is 0 Å². The molecule has 8 heteroatoms. The van der Waals surface area contributed by atoms with E-state index in [0.29, 0.717) is 23.4 Å². The Bertz CT molecular complexity index is 984. The van der Waals surface area contributed by atoms with Gasteiger partial charge in [0.25, 0.3) is 5.91 Å².